The van der Waals surface area contributed by atoms with Crippen LogP contribution in [0.1, 0.15) is 40.9 Å². The fourth-order valence-corrected chi connectivity index (χ4v) is 2.99. The Morgan fingerprint density at radius 1 is 1.25 bits per heavy atom. The average molecular weight is 347 g/mol. The van der Waals surface area contributed by atoms with Crippen LogP contribution in [0.5, 0.6) is 5.75 Å². The summed E-state index contributed by atoms with van der Waals surface area (Å²) in [7, 11) is 1.64. The summed E-state index contributed by atoms with van der Waals surface area (Å²) in [6, 6.07) is 13.6. The number of benzene rings is 2. The second-order valence-corrected chi connectivity index (χ2v) is 5.83. The predicted molar refractivity (Wildman–Crippen MR) is 99.4 cm³/mol. The standard InChI is InChI=1S/C19H22N2O2.ClH/c1-13(14-6-3-7-15(12-14)23-2)21-19(22)17-8-4-10-18-16(17)9-5-11-20-18;/h3-4,6-8,10,12-13,20H,5,9,11H2,1-2H3,(H,21,22);1H. The molecule has 2 aromatic rings. The molecule has 2 N–H and O–H groups in total. The van der Waals surface area contributed by atoms with Crippen molar-refractivity contribution in [3.8, 4) is 5.75 Å². The van der Waals surface area contributed by atoms with Gasteiger partial charge in [0.2, 0.25) is 0 Å². The van der Waals surface area contributed by atoms with Gasteiger partial charge in [-0.25, -0.2) is 0 Å². The van der Waals surface area contributed by atoms with E-state index in [-0.39, 0.29) is 24.4 Å². The molecule has 0 spiro atoms. The Bertz CT molecular complexity index is 718. The van der Waals surface area contributed by atoms with E-state index < -0.39 is 0 Å². The Labute approximate surface area is 149 Å². The second-order valence-electron chi connectivity index (χ2n) is 5.83. The lowest BCUT2D eigenvalue weighted by atomic mass is 9.96. The number of methoxy groups -OCH3 is 1. The molecule has 5 heteroatoms. The average Bonchev–Trinajstić information content (AvgIpc) is 2.61. The van der Waals surface area contributed by atoms with Crippen molar-refractivity contribution in [3.63, 3.8) is 0 Å². The smallest absolute Gasteiger partial charge is 0.252 e. The SMILES string of the molecule is COc1cccc(C(C)NC(=O)c2cccc3c2CCCN3)c1.Cl. The van der Waals surface area contributed by atoms with Gasteiger partial charge in [0.1, 0.15) is 5.75 Å². The van der Waals surface area contributed by atoms with E-state index in [1.165, 1.54) is 0 Å². The lowest BCUT2D eigenvalue weighted by Crippen LogP contribution is -2.28. The molecule has 1 aliphatic heterocycles. The van der Waals surface area contributed by atoms with E-state index in [0.29, 0.717) is 0 Å². The van der Waals surface area contributed by atoms with Gasteiger partial charge >= 0.3 is 0 Å². The molecule has 3 rings (SSSR count). The second kappa shape index (κ2) is 8.06. The Morgan fingerprint density at radius 3 is 2.83 bits per heavy atom. The third-order valence-corrected chi connectivity index (χ3v) is 4.28. The van der Waals surface area contributed by atoms with E-state index in [1.54, 1.807) is 7.11 Å². The maximum Gasteiger partial charge on any atom is 0.252 e. The van der Waals surface area contributed by atoms with Crippen molar-refractivity contribution < 1.29 is 9.53 Å². The number of carbonyl (C=O) groups is 1. The lowest BCUT2D eigenvalue weighted by Gasteiger charge is -2.22. The normalized spacial score (nSPS) is 13.8. The van der Waals surface area contributed by atoms with Crippen molar-refractivity contribution >= 4 is 24.0 Å². The van der Waals surface area contributed by atoms with Gasteiger partial charge in [0, 0.05) is 17.8 Å². The highest BCUT2D eigenvalue weighted by atomic mass is 35.5. The summed E-state index contributed by atoms with van der Waals surface area (Å²) in [5.74, 6) is 0.769. The van der Waals surface area contributed by atoms with Gasteiger partial charge in [0.15, 0.2) is 0 Å². The number of carbonyl (C=O) groups excluding carboxylic acids is 1. The molecule has 2 aromatic carbocycles. The maximum absolute atomic E-state index is 12.7. The van der Waals surface area contributed by atoms with Crippen molar-refractivity contribution in [2.24, 2.45) is 0 Å². The molecule has 1 unspecified atom stereocenters. The fourth-order valence-electron chi connectivity index (χ4n) is 2.99. The van der Waals surface area contributed by atoms with Gasteiger partial charge < -0.3 is 15.4 Å². The van der Waals surface area contributed by atoms with E-state index >= 15 is 0 Å². The first kappa shape index (κ1) is 18.1. The minimum atomic E-state index is -0.0787. The zero-order chi connectivity index (χ0) is 16.2. The number of fused-ring (bicyclic) bond motifs is 1. The van der Waals surface area contributed by atoms with Gasteiger partial charge in [0.05, 0.1) is 13.2 Å². The van der Waals surface area contributed by atoms with Gasteiger partial charge in [-0.2, -0.15) is 0 Å². The Hall–Kier alpha value is -2.20. The van der Waals surface area contributed by atoms with Crippen LogP contribution in [0.4, 0.5) is 5.69 Å². The number of hydrogen-bond donors (Lipinski definition) is 2. The molecule has 1 aliphatic rings. The highest BCUT2D eigenvalue weighted by Gasteiger charge is 2.19. The topological polar surface area (TPSA) is 50.4 Å². The summed E-state index contributed by atoms with van der Waals surface area (Å²) in [5, 5.41) is 6.45. The number of rotatable bonds is 4. The lowest BCUT2D eigenvalue weighted by molar-refractivity contribution is 0.0939. The molecule has 0 saturated carbocycles. The summed E-state index contributed by atoms with van der Waals surface area (Å²) in [5.41, 5.74) is 4.00. The molecule has 0 aliphatic carbocycles. The van der Waals surface area contributed by atoms with Gasteiger partial charge in [-0.05, 0) is 55.2 Å². The summed E-state index contributed by atoms with van der Waals surface area (Å²) in [6.45, 7) is 2.96. The minimum absolute atomic E-state index is 0. The van der Waals surface area contributed by atoms with Crippen LogP contribution in [0.25, 0.3) is 0 Å². The third kappa shape index (κ3) is 3.82. The highest BCUT2D eigenvalue weighted by Crippen LogP contribution is 2.26. The van der Waals surface area contributed by atoms with Gasteiger partial charge in [-0.3, -0.25) is 4.79 Å². The van der Waals surface area contributed by atoms with Crippen LogP contribution in [0.15, 0.2) is 42.5 Å². The quantitative estimate of drug-likeness (QED) is 0.880. The molecule has 1 heterocycles. The minimum Gasteiger partial charge on any atom is -0.497 e. The Balaban J connectivity index is 0.00000208. The molecular formula is C19H23ClN2O2. The molecule has 0 fully saturated rings. The van der Waals surface area contributed by atoms with Crippen molar-refractivity contribution in [3.05, 3.63) is 59.2 Å². The van der Waals surface area contributed by atoms with Crippen LogP contribution in [-0.4, -0.2) is 19.6 Å². The zero-order valence-electron chi connectivity index (χ0n) is 14.0. The zero-order valence-corrected chi connectivity index (χ0v) is 14.8. The van der Waals surface area contributed by atoms with Crippen molar-refractivity contribution in [2.75, 3.05) is 19.0 Å². The van der Waals surface area contributed by atoms with Crippen molar-refractivity contribution in [2.45, 2.75) is 25.8 Å². The van der Waals surface area contributed by atoms with E-state index in [2.05, 4.69) is 10.6 Å². The fraction of sp³-hybridized carbons (Fsp3) is 0.316. The summed E-state index contributed by atoms with van der Waals surface area (Å²) in [4.78, 5) is 12.7. The molecule has 24 heavy (non-hydrogen) atoms. The first-order valence-corrected chi connectivity index (χ1v) is 7.99. The number of nitrogens with one attached hydrogen (secondary N) is 2. The molecule has 128 valence electrons. The number of amides is 1. The van der Waals surface area contributed by atoms with Crippen LogP contribution in [0.2, 0.25) is 0 Å². The number of hydrogen-bond acceptors (Lipinski definition) is 3. The van der Waals surface area contributed by atoms with Crippen molar-refractivity contribution in [1.82, 2.24) is 5.32 Å². The number of anilines is 1. The Morgan fingerprint density at radius 2 is 2.04 bits per heavy atom. The van der Waals surface area contributed by atoms with Crippen LogP contribution in [-0.2, 0) is 6.42 Å². The van der Waals surface area contributed by atoms with Crippen molar-refractivity contribution in [1.29, 1.82) is 0 Å². The van der Waals surface area contributed by atoms with Gasteiger partial charge in [0.25, 0.3) is 5.91 Å². The monoisotopic (exact) mass is 346 g/mol. The largest absolute Gasteiger partial charge is 0.497 e. The molecule has 0 aromatic heterocycles. The summed E-state index contributed by atoms with van der Waals surface area (Å²) < 4.78 is 5.25. The highest BCUT2D eigenvalue weighted by molar-refractivity contribution is 5.97. The van der Waals surface area contributed by atoms with E-state index in [4.69, 9.17) is 4.74 Å². The first-order valence-electron chi connectivity index (χ1n) is 7.99. The first-order chi connectivity index (χ1) is 11.2. The Kier molecular flexibility index (Phi) is 6.10. The summed E-state index contributed by atoms with van der Waals surface area (Å²) in [6.07, 6.45) is 2.00. The van der Waals surface area contributed by atoms with Gasteiger partial charge in [-0.1, -0.05) is 18.2 Å². The number of ether oxygens (including phenoxy) is 1. The predicted octanol–water partition coefficient (Wildman–Crippen LogP) is 3.97. The molecule has 0 saturated heterocycles. The van der Waals surface area contributed by atoms with Crippen LogP contribution >= 0.6 is 12.4 Å². The third-order valence-electron chi connectivity index (χ3n) is 4.28. The van der Waals surface area contributed by atoms with E-state index in [0.717, 1.165) is 47.5 Å². The van der Waals surface area contributed by atoms with Gasteiger partial charge in [-0.15, -0.1) is 12.4 Å². The molecule has 4 nitrogen and oxygen atoms in total. The van der Waals surface area contributed by atoms with E-state index in [9.17, 15) is 4.79 Å². The molecule has 0 bridgehead atoms. The molecule has 1 atom stereocenters. The number of halogens is 1. The van der Waals surface area contributed by atoms with Crippen LogP contribution in [0, 0.1) is 0 Å². The van der Waals surface area contributed by atoms with E-state index in [1.807, 2.05) is 49.4 Å². The maximum atomic E-state index is 12.7. The molecular weight excluding hydrogens is 324 g/mol. The van der Waals surface area contributed by atoms with Crippen LogP contribution < -0.4 is 15.4 Å². The molecule has 1 amide bonds. The molecule has 0 radical (unpaired) electrons. The summed E-state index contributed by atoms with van der Waals surface area (Å²) >= 11 is 0. The van der Waals surface area contributed by atoms with Crippen LogP contribution in [0.3, 0.4) is 0 Å².